The average molecular weight is 204 g/mol. The topological polar surface area (TPSA) is 32.3 Å². The van der Waals surface area contributed by atoms with Crippen molar-refractivity contribution in [2.45, 2.75) is 26.3 Å². The Balaban J connectivity index is 2.47. The summed E-state index contributed by atoms with van der Waals surface area (Å²) in [6.45, 7) is 4.80. The molecule has 3 heteroatoms. The number of nitrogens with zero attached hydrogens (tertiary/aromatic N) is 1. The highest BCUT2D eigenvalue weighted by molar-refractivity contribution is 5.98. The highest BCUT2D eigenvalue weighted by Gasteiger charge is 2.23. The van der Waals surface area contributed by atoms with Crippen molar-refractivity contribution < 1.29 is 4.79 Å². The zero-order valence-corrected chi connectivity index (χ0v) is 9.16. The van der Waals surface area contributed by atoms with E-state index in [1.165, 1.54) is 0 Å². The highest BCUT2D eigenvalue weighted by atomic mass is 16.2. The van der Waals surface area contributed by atoms with Crippen LogP contribution in [0.2, 0.25) is 0 Å². The summed E-state index contributed by atoms with van der Waals surface area (Å²) in [5.74, 6) is 0.197. The molecule has 0 fully saturated rings. The normalized spacial score (nSPS) is 15.9. The predicted molar refractivity (Wildman–Crippen MR) is 62.2 cm³/mol. The van der Waals surface area contributed by atoms with Gasteiger partial charge in [-0.25, -0.2) is 0 Å². The number of nitrogens with one attached hydrogen (secondary N) is 1. The van der Waals surface area contributed by atoms with Gasteiger partial charge in [-0.15, -0.1) is 0 Å². The van der Waals surface area contributed by atoms with Crippen molar-refractivity contribution in [1.29, 1.82) is 0 Å². The van der Waals surface area contributed by atoms with E-state index >= 15 is 0 Å². The first-order valence-electron chi connectivity index (χ1n) is 5.35. The molecule has 0 bridgehead atoms. The first kappa shape index (κ1) is 10.0. The van der Waals surface area contributed by atoms with Crippen LogP contribution >= 0.6 is 0 Å². The number of fused-ring (bicyclic) bond motifs is 1. The number of amides is 1. The Bertz CT molecular complexity index is 374. The van der Waals surface area contributed by atoms with Crippen LogP contribution in [0.4, 0.5) is 11.4 Å². The van der Waals surface area contributed by atoms with Gasteiger partial charge in [-0.3, -0.25) is 4.79 Å². The van der Waals surface area contributed by atoms with E-state index in [9.17, 15) is 4.79 Å². The van der Waals surface area contributed by atoms with Gasteiger partial charge in [0.1, 0.15) is 0 Å². The second kappa shape index (κ2) is 3.93. The first-order chi connectivity index (χ1) is 7.20. The molecule has 1 amide bonds. The van der Waals surface area contributed by atoms with Crippen LogP contribution < -0.4 is 10.2 Å². The highest BCUT2D eigenvalue weighted by Crippen LogP contribution is 2.29. The zero-order valence-electron chi connectivity index (χ0n) is 9.16. The molecule has 0 radical (unpaired) electrons. The van der Waals surface area contributed by atoms with Crippen LogP contribution in [0.1, 0.15) is 20.3 Å². The van der Waals surface area contributed by atoms with Gasteiger partial charge in [0.05, 0.1) is 11.4 Å². The Kier molecular flexibility index (Phi) is 2.62. The number of carbonyl (C=O) groups excluding carboxylic acids is 1. The van der Waals surface area contributed by atoms with Gasteiger partial charge >= 0.3 is 0 Å². The first-order valence-corrected chi connectivity index (χ1v) is 5.35. The summed E-state index contributed by atoms with van der Waals surface area (Å²) in [5.41, 5.74) is 2.05. The molecule has 1 heterocycles. The van der Waals surface area contributed by atoms with Gasteiger partial charge < -0.3 is 10.2 Å². The molecule has 0 aliphatic carbocycles. The van der Waals surface area contributed by atoms with Gasteiger partial charge in [0, 0.05) is 19.0 Å². The predicted octanol–water partition coefficient (Wildman–Crippen LogP) is 2.24. The van der Waals surface area contributed by atoms with Crippen molar-refractivity contribution >= 4 is 17.3 Å². The summed E-state index contributed by atoms with van der Waals surface area (Å²) < 4.78 is 0. The van der Waals surface area contributed by atoms with Crippen molar-refractivity contribution in [3.63, 3.8) is 0 Å². The van der Waals surface area contributed by atoms with E-state index in [-0.39, 0.29) is 11.9 Å². The lowest BCUT2D eigenvalue weighted by atomic mass is 10.2. The molecule has 1 N–H and O–H groups in total. The fourth-order valence-corrected chi connectivity index (χ4v) is 1.96. The van der Waals surface area contributed by atoms with Gasteiger partial charge in [-0.05, 0) is 26.0 Å². The zero-order chi connectivity index (χ0) is 10.8. The fourth-order valence-electron chi connectivity index (χ4n) is 1.96. The number of hydrogen-bond acceptors (Lipinski definition) is 2. The minimum absolute atomic E-state index is 0.197. The summed E-state index contributed by atoms with van der Waals surface area (Å²) in [5, 5.41) is 3.28. The molecule has 1 aromatic carbocycles. The molecule has 0 saturated carbocycles. The van der Waals surface area contributed by atoms with Crippen LogP contribution in [-0.4, -0.2) is 18.5 Å². The van der Waals surface area contributed by atoms with Crippen molar-refractivity contribution in [3.05, 3.63) is 24.3 Å². The summed E-state index contributed by atoms with van der Waals surface area (Å²) in [6.07, 6.45) is 0.562. The standard InChI is InChI=1S/C12H16N2O/c1-9(2)14-11-6-4-3-5-10(11)13-8-7-12(14)15/h3-6,9,13H,7-8H2,1-2H3. The number of benzene rings is 1. The van der Waals surface area contributed by atoms with Crippen LogP contribution in [0.5, 0.6) is 0 Å². The fraction of sp³-hybridized carbons (Fsp3) is 0.417. The smallest absolute Gasteiger partial charge is 0.229 e. The molecule has 1 aromatic rings. The van der Waals surface area contributed by atoms with E-state index in [1.807, 2.05) is 43.0 Å². The van der Waals surface area contributed by atoms with Crippen LogP contribution in [0.15, 0.2) is 24.3 Å². The van der Waals surface area contributed by atoms with E-state index in [0.717, 1.165) is 17.9 Å². The molecule has 80 valence electrons. The number of para-hydroxylation sites is 2. The number of carbonyl (C=O) groups is 1. The maximum absolute atomic E-state index is 11.9. The van der Waals surface area contributed by atoms with Crippen LogP contribution in [0, 0.1) is 0 Å². The molecule has 0 aromatic heterocycles. The second-order valence-corrected chi connectivity index (χ2v) is 4.05. The van der Waals surface area contributed by atoms with E-state index in [2.05, 4.69) is 5.32 Å². The Morgan fingerprint density at radius 2 is 2.07 bits per heavy atom. The van der Waals surface area contributed by atoms with Gasteiger partial charge in [-0.1, -0.05) is 12.1 Å². The Hall–Kier alpha value is -1.51. The van der Waals surface area contributed by atoms with Crippen LogP contribution in [0.3, 0.4) is 0 Å². The molecule has 15 heavy (non-hydrogen) atoms. The van der Waals surface area contributed by atoms with E-state index < -0.39 is 0 Å². The SMILES string of the molecule is CC(C)N1C(=O)CCNc2ccccc21. The van der Waals surface area contributed by atoms with Crippen LogP contribution in [-0.2, 0) is 4.79 Å². The molecular weight excluding hydrogens is 188 g/mol. The van der Waals surface area contributed by atoms with Crippen molar-refractivity contribution in [2.24, 2.45) is 0 Å². The summed E-state index contributed by atoms with van der Waals surface area (Å²) in [4.78, 5) is 13.8. The summed E-state index contributed by atoms with van der Waals surface area (Å²) in [7, 11) is 0. The second-order valence-electron chi connectivity index (χ2n) is 4.05. The molecule has 0 spiro atoms. The average Bonchev–Trinajstić information content (AvgIpc) is 2.35. The van der Waals surface area contributed by atoms with E-state index in [1.54, 1.807) is 0 Å². The maximum Gasteiger partial charge on any atom is 0.229 e. The molecule has 3 nitrogen and oxygen atoms in total. The third-order valence-electron chi connectivity index (χ3n) is 2.60. The monoisotopic (exact) mass is 204 g/mol. The molecule has 0 saturated heterocycles. The van der Waals surface area contributed by atoms with Crippen molar-refractivity contribution in [1.82, 2.24) is 0 Å². The van der Waals surface area contributed by atoms with Crippen LogP contribution in [0.25, 0.3) is 0 Å². The summed E-state index contributed by atoms with van der Waals surface area (Å²) in [6, 6.07) is 8.17. The lowest BCUT2D eigenvalue weighted by molar-refractivity contribution is -0.118. The molecular formula is C12H16N2O. The lowest BCUT2D eigenvalue weighted by Crippen LogP contribution is -2.36. The maximum atomic E-state index is 11.9. The lowest BCUT2D eigenvalue weighted by Gasteiger charge is -2.26. The van der Waals surface area contributed by atoms with Crippen molar-refractivity contribution in [2.75, 3.05) is 16.8 Å². The summed E-state index contributed by atoms with van der Waals surface area (Å²) >= 11 is 0. The number of anilines is 2. The molecule has 0 atom stereocenters. The Morgan fingerprint density at radius 3 is 2.80 bits per heavy atom. The van der Waals surface area contributed by atoms with Gasteiger partial charge in [-0.2, -0.15) is 0 Å². The van der Waals surface area contributed by atoms with E-state index in [0.29, 0.717) is 6.42 Å². The molecule has 1 aliphatic rings. The van der Waals surface area contributed by atoms with E-state index in [4.69, 9.17) is 0 Å². The minimum atomic E-state index is 0.197. The Morgan fingerprint density at radius 1 is 1.33 bits per heavy atom. The number of hydrogen-bond donors (Lipinski definition) is 1. The van der Waals surface area contributed by atoms with Crippen molar-refractivity contribution in [3.8, 4) is 0 Å². The third kappa shape index (κ3) is 1.82. The van der Waals surface area contributed by atoms with Gasteiger partial charge in [0.25, 0.3) is 0 Å². The molecule has 1 aliphatic heterocycles. The number of rotatable bonds is 1. The molecule has 2 rings (SSSR count). The molecule has 0 unspecified atom stereocenters. The Labute approximate surface area is 90.1 Å². The third-order valence-corrected chi connectivity index (χ3v) is 2.60. The minimum Gasteiger partial charge on any atom is -0.383 e. The van der Waals surface area contributed by atoms with Gasteiger partial charge in [0.2, 0.25) is 5.91 Å². The largest absolute Gasteiger partial charge is 0.383 e. The van der Waals surface area contributed by atoms with Gasteiger partial charge in [0.15, 0.2) is 0 Å². The quantitative estimate of drug-likeness (QED) is 0.761.